The van der Waals surface area contributed by atoms with E-state index in [1.807, 2.05) is 60.7 Å². The molecule has 4 aromatic rings. The monoisotopic (exact) mass is 349 g/mol. The van der Waals surface area contributed by atoms with Gasteiger partial charge in [0, 0.05) is 36.6 Å². The molecule has 0 fully saturated rings. The van der Waals surface area contributed by atoms with Crippen LogP contribution in [0.3, 0.4) is 0 Å². The smallest absolute Gasteiger partial charge is 0.228 e. The van der Waals surface area contributed by atoms with E-state index in [9.17, 15) is 0 Å². The Kier molecular flexibility index (Phi) is 4.08. The van der Waals surface area contributed by atoms with Gasteiger partial charge in [-0.2, -0.15) is 15.2 Å². The molecule has 0 unspecified atom stereocenters. The van der Waals surface area contributed by atoms with Crippen LogP contribution >= 0.6 is 0 Å². The molecule has 0 atom stereocenters. The third kappa shape index (κ3) is 3.26. The summed E-state index contributed by atoms with van der Waals surface area (Å²) in [5, 5.41) is 12.7. The number of hydrogen-bond acceptors (Lipinski definition) is 6. The van der Waals surface area contributed by atoms with E-state index in [1.165, 1.54) is 0 Å². The molecule has 0 aromatic carbocycles. The van der Waals surface area contributed by atoms with Crippen LogP contribution in [0, 0.1) is 20.8 Å². The first-order valence-corrected chi connectivity index (χ1v) is 8.40. The van der Waals surface area contributed by atoms with E-state index in [1.54, 1.807) is 6.20 Å². The van der Waals surface area contributed by atoms with E-state index >= 15 is 0 Å². The van der Waals surface area contributed by atoms with Crippen molar-refractivity contribution in [1.29, 1.82) is 0 Å². The number of hydrogen-bond donors (Lipinski definition) is 0. The highest BCUT2D eigenvalue weighted by molar-refractivity contribution is 5.53. The van der Waals surface area contributed by atoms with Gasteiger partial charge in [0.25, 0.3) is 0 Å². The zero-order valence-corrected chi connectivity index (χ0v) is 14.9. The van der Waals surface area contributed by atoms with Crippen molar-refractivity contribution in [1.82, 2.24) is 34.7 Å². The van der Waals surface area contributed by atoms with Crippen molar-refractivity contribution in [2.24, 2.45) is 0 Å². The first-order valence-electron chi connectivity index (χ1n) is 8.40. The minimum atomic E-state index is 0.532. The number of pyridine rings is 1. The molecular weight excluding hydrogens is 330 g/mol. The Hall–Kier alpha value is -3.29. The second kappa shape index (κ2) is 6.55. The highest BCUT2D eigenvalue weighted by Gasteiger charge is 2.11. The molecule has 8 heteroatoms. The molecule has 0 bridgehead atoms. The third-order valence-electron chi connectivity index (χ3n) is 4.02. The van der Waals surface area contributed by atoms with Gasteiger partial charge in [-0.05, 0) is 44.5 Å². The Labute approximate surface area is 150 Å². The molecule has 0 saturated heterocycles. The molecule has 0 aliphatic heterocycles. The highest BCUT2D eigenvalue weighted by Crippen LogP contribution is 2.17. The summed E-state index contributed by atoms with van der Waals surface area (Å²) in [6.45, 7) is 6.67. The molecule has 0 aliphatic rings. The Morgan fingerprint density at radius 2 is 2.00 bits per heavy atom. The second-order valence-corrected chi connectivity index (χ2v) is 6.29. The summed E-state index contributed by atoms with van der Waals surface area (Å²) in [7, 11) is 0. The van der Waals surface area contributed by atoms with Gasteiger partial charge in [0.2, 0.25) is 11.7 Å². The fourth-order valence-electron chi connectivity index (χ4n) is 2.78. The van der Waals surface area contributed by atoms with Crippen LogP contribution in [-0.2, 0) is 13.0 Å². The molecular formula is C18H19N7O. The van der Waals surface area contributed by atoms with Crippen molar-refractivity contribution < 1.29 is 4.52 Å². The summed E-state index contributed by atoms with van der Waals surface area (Å²) in [5.41, 5.74) is 3.94. The molecule has 4 aromatic heterocycles. The number of aromatic nitrogens is 7. The zero-order valence-electron chi connectivity index (χ0n) is 14.9. The molecule has 0 spiro atoms. The summed E-state index contributed by atoms with van der Waals surface area (Å²) in [5.74, 6) is 1.87. The molecule has 26 heavy (non-hydrogen) atoms. The summed E-state index contributed by atoms with van der Waals surface area (Å²) < 4.78 is 9.01. The molecule has 0 saturated carbocycles. The van der Waals surface area contributed by atoms with Crippen LogP contribution in [0.1, 0.15) is 22.8 Å². The molecule has 0 radical (unpaired) electrons. The average Bonchev–Trinajstić information content (AvgIpc) is 3.34. The van der Waals surface area contributed by atoms with E-state index in [2.05, 4.69) is 25.3 Å². The van der Waals surface area contributed by atoms with E-state index in [-0.39, 0.29) is 0 Å². The van der Waals surface area contributed by atoms with Gasteiger partial charge in [0.15, 0.2) is 5.82 Å². The van der Waals surface area contributed by atoms with Crippen LogP contribution < -0.4 is 0 Å². The van der Waals surface area contributed by atoms with Crippen LogP contribution in [0.4, 0.5) is 0 Å². The van der Waals surface area contributed by atoms with Gasteiger partial charge in [0.05, 0.1) is 11.9 Å². The number of nitrogens with zero attached hydrogens (tertiary/aromatic N) is 7. The SMILES string of the molecule is Cc1cnn(CCc2nc(-c3ccc(-n4nc(C)cc4C)nc3)no2)c1. The minimum Gasteiger partial charge on any atom is -0.339 e. The van der Waals surface area contributed by atoms with Crippen LogP contribution in [0.5, 0.6) is 0 Å². The van der Waals surface area contributed by atoms with Crippen molar-refractivity contribution in [3.05, 3.63) is 59.6 Å². The van der Waals surface area contributed by atoms with Gasteiger partial charge in [-0.3, -0.25) is 4.68 Å². The maximum Gasteiger partial charge on any atom is 0.228 e. The maximum absolute atomic E-state index is 5.34. The second-order valence-electron chi connectivity index (χ2n) is 6.29. The predicted octanol–water partition coefficient (Wildman–Crippen LogP) is 2.68. The van der Waals surface area contributed by atoms with E-state index in [4.69, 9.17) is 4.52 Å². The minimum absolute atomic E-state index is 0.532. The molecule has 132 valence electrons. The lowest BCUT2D eigenvalue weighted by molar-refractivity contribution is 0.369. The molecule has 0 aliphatic carbocycles. The fraction of sp³-hybridized carbons (Fsp3) is 0.278. The summed E-state index contributed by atoms with van der Waals surface area (Å²) in [4.78, 5) is 8.91. The normalized spacial score (nSPS) is 11.2. The van der Waals surface area contributed by atoms with E-state index < -0.39 is 0 Å². The van der Waals surface area contributed by atoms with Crippen molar-refractivity contribution >= 4 is 0 Å². The van der Waals surface area contributed by atoms with Crippen LogP contribution in [-0.4, -0.2) is 34.7 Å². The number of aryl methyl sites for hydroxylation is 5. The summed E-state index contributed by atoms with van der Waals surface area (Å²) in [6.07, 6.45) is 6.18. The number of rotatable bonds is 5. The largest absolute Gasteiger partial charge is 0.339 e. The van der Waals surface area contributed by atoms with Gasteiger partial charge in [-0.25, -0.2) is 9.67 Å². The standard InChI is InChI=1S/C18H19N7O/c1-12-9-20-24(11-12)7-6-17-21-18(23-26-17)15-4-5-16(19-10-15)25-14(3)8-13(2)22-25/h4-5,8-11H,6-7H2,1-3H3. The third-order valence-corrected chi connectivity index (χ3v) is 4.02. The van der Waals surface area contributed by atoms with Gasteiger partial charge in [-0.1, -0.05) is 5.16 Å². The van der Waals surface area contributed by atoms with Crippen molar-refractivity contribution in [3.63, 3.8) is 0 Å². The van der Waals surface area contributed by atoms with Gasteiger partial charge < -0.3 is 4.52 Å². The van der Waals surface area contributed by atoms with Crippen LogP contribution in [0.15, 0.2) is 41.3 Å². The van der Waals surface area contributed by atoms with Crippen molar-refractivity contribution in [2.45, 2.75) is 33.7 Å². The lowest BCUT2D eigenvalue weighted by Gasteiger charge is -2.03. The van der Waals surface area contributed by atoms with Crippen LogP contribution in [0.25, 0.3) is 17.2 Å². The zero-order chi connectivity index (χ0) is 18.1. The Morgan fingerprint density at radius 1 is 1.12 bits per heavy atom. The van der Waals surface area contributed by atoms with Gasteiger partial charge in [0.1, 0.15) is 0 Å². The first kappa shape index (κ1) is 16.2. The summed E-state index contributed by atoms with van der Waals surface area (Å²) in [6, 6.07) is 5.84. The van der Waals surface area contributed by atoms with Crippen molar-refractivity contribution in [2.75, 3.05) is 0 Å². The maximum atomic E-state index is 5.34. The summed E-state index contributed by atoms with van der Waals surface area (Å²) >= 11 is 0. The van der Waals surface area contributed by atoms with Crippen molar-refractivity contribution in [3.8, 4) is 17.2 Å². The quantitative estimate of drug-likeness (QED) is 0.550. The van der Waals surface area contributed by atoms with E-state index in [0.29, 0.717) is 24.7 Å². The fourth-order valence-corrected chi connectivity index (χ4v) is 2.78. The highest BCUT2D eigenvalue weighted by atomic mass is 16.5. The first-order chi connectivity index (χ1) is 12.6. The Balaban J connectivity index is 1.48. The predicted molar refractivity (Wildman–Crippen MR) is 94.8 cm³/mol. The topological polar surface area (TPSA) is 87.5 Å². The molecule has 0 N–H and O–H groups in total. The van der Waals surface area contributed by atoms with Crippen LogP contribution in [0.2, 0.25) is 0 Å². The van der Waals surface area contributed by atoms with Gasteiger partial charge in [-0.15, -0.1) is 0 Å². The molecule has 4 rings (SSSR count). The molecule has 0 amide bonds. The lowest BCUT2D eigenvalue weighted by atomic mass is 10.2. The average molecular weight is 349 g/mol. The van der Waals surface area contributed by atoms with E-state index in [0.717, 1.165) is 28.3 Å². The Morgan fingerprint density at radius 3 is 2.65 bits per heavy atom. The lowest BCUT2D eigenvalue weighted by Crippen LogP contribution is -2.02. The molecule has 4 heterocycles. The van der Waals surface area contributed by atoms with Gasteiger partial charge >= 0.3 is 0 Å². The molecule has 8 nitrogen and oxygen atoms in total. The Bertz CT molecular complexity index is 1030.